The first-order valence-electron chi connectivity index (χ1n) is 8.09. The molecule has 9 heteroatoms. The Morgan fingerprint density at radius 2 is 1.93 bits per heavy atom. The van der Waals surface area contributed by atoms with E-state index in [2.05, 4.69) is 20.7 Å². The van der Waals surface area contributed by atoms with E-state index in [0.29, 0.717) is 22.5 Å². The number of fused-ring (bicyclic) bond motifs is 1. The topological polar surface area (TPSA) is 88.9 Å². The average molecular weight is 402 g/mol. The third-order valence-electron chi connectivity index (χ3n) is 4.10. The summed E-state index contributed by atoms with van der Waals surface area (Å²) >= 11 is 12.0. The van der Waals surface area contributed by atoms with Crippen molar-refractivity contribution in [3.05, 3.63) is 58.6 Å². The van der Waals surface area contributed by atoms with Crippen LogP contribution in [0.2, 0.25) is 10.0 Å². The summed E-state index contributed by atoms with van der Waals surface area (Å²) in [6.45, 7) is 0. The predicted molar refractivity (Wildman–Crippen MR) is 103 cm³/mol. The van der Waals surface area contributed by atoms with Crippen molar-refractivity contribution in [3.63, 3.8) is 0 Å². The second kappa shape index (κ2) is 7.02. The zero-order valence-electron chi connectivity index (χ0n) is 13.8. The van der Waals surface area contributed by atoms with Crippen molar-refractivity contribution in [2.75, 3.05) is 10.6 Å². The van der Waals surface area contributed by atoms with Crippen molar-refractivity contribution in [2.24, 2.45) is 0 Å². The lowest BCUT2D eigenvalue weighted by Crippen LogP contribution is -2.23. The van der Waals surface area contributed by atoms with E-state index in [-0.39, 0.29) is 23.3 Å². The average Bonchev–Trinajstić information content (AvgIpc) is 3.19. The number of nitrogens with zero attached hydrogens (tertiary/aromatic N) is 3. The van der Waals surface area contributed by atoms with Crippen LogP contribution in [0.1, 0.15) is 12.5 Å². The lowest BCUT2D eigenvalue weighted by Gasteiger charge is -2.11. The minimum absolute atomic E-state index is 0.112. The van der Waals surface area contributed by atoms with Crippen LogP contribution in [0.4, 0.5) is 11.6 Å². The maximum atomic E-state index is 12.4. The van der Waals surface area contributed by atoms with Gasteiger partial charge in [-0.15, -0.1) is 5.10 Å². The monoisotopic (exact) mass is 401 g/mol. The van der Waals surface area contributed by atoms with Gasteiger partial charge < -0.3 is 5.32 Å². The van der Waals surface area contributed by atoms with Crippen molar-refractivity contribution in [2.45, 2.75) is 12.5 Å². The zero-order chi connectivity index (χ0) is 19.0. The predicted octanol–water partition coefficient (Wildman–Crippen LogP) is 3.77. The minimum atomic E-state index is -0.789. The fourth-order valence-corrected chi connectivity index (χ4v) is 3.14. The molecule has 7 nitrogen and oxygen atoms in total. The fourth-order valence-electron chi connectivity index (χ4n) is 2.80. The molecule has 2 heterocycles. The third-order valence-corrected chi connectivity index (χ3v) is 4.92. The highest BCUT2D eigenvalue weighted by Gasteiger charge is 2.35. The van der Waals surface area contributed by atoms with Crippen LogP contribution in [-0.2, 0) is 9.59 Å². The highest BCUT2D eigenvalue weighted by Crippen LogP contribution is 2.31. The van der Waals surface area contributed by atoms with Crippen molar-refractivity contribution in [1.29, 1.82) is 0 Å². The van der Waals surface area contributed by atoms with Crippen molar-refractivity contribution in [1.82, 2.24) is 14.8 Å². The molecular formula is C18H13Cl2N5O2. The summed E-state index contributed by atoms with van der Waals surface area (Å²) in [5.74, 6) is 0.0761. The van der Waals surface area contributed by atoms with Gasteiger partial charge in [-0.3, -0.25) is 14.9 Å². The van der Waals surface area contributed by atoms with Crippen LogP contribution in [0.15, 0.2) is 48.5 Å². The second-order valence-electron chi connectivity index (χ2n) is 5.93. The number of halogens is 2. The molecule has 27 heavy (non-hydrogen) atoms. The lowest BCUT2D eigenvalue weighted by molar-refractivity contribution is -0.123. The van der Waals surface area contributed by atoms with Crippen molar-refractivity contribution in [3.8, 4) is 11.4 Å². The molecule has 0 spiro atoms. The van der Waals surface area contributed by atoms with Crippen molar-refractivity contribution >= 4 is 46.7 Å². The quantitative estimate of drug-likeness (QED) is 0.695. The third kappa shape index (κ3) is 3.39. The highest BCUT2D eigenvalue weighted by atomic mass is 35.5. The molecular weight excluding hydrogens is 389 g/mol. The van der Waals surface area contributed by atoms with Gasteiger partial charge in [-0.1, -0.05) is 59.6 Å². The number of carbonyl (C=O) groups is 2. The van der Waals surface area contributed by atoms with Gasteiger partial charge in [0.1, 0.15) is 6.04 Å². The standard InChI is InChI=1S/C18H13Cl2N5O2/c19-11-7-4-8-12(15(11)20)21-14(26)9-13-17(27)23-18-22-16(24-25(13)18)10-5-2-1-3-6-10/h1-8,13H,9H2,(H,21,26)(H,22,23,24,27)/t13-/m1/s1. The molecule has 0 saturated carbocycles. The first-order valence-corrected chi connectivity index (χ1v) is 8.85. The van der Waals surface area contributed by atoms with Crippen molar-refractivity contribution < 1.29 is 9.59 Å². The van der Waals surface area contributed by atoms with Gasteiger partial charge in [-0.25, -0.2) is 4.68 Å². The molecule has 0 radical (unpaired) electrons. The Labute approximate surface area is 164 Å². The molecule has 3 aromatic rings. The van der Waals surface area contributed by atoms with E-state index < -0.39 is 6.04 Å². The van der Waals surface area contributed by atoms with Gasteiger partial charge in [0.05, 0.1) is 22.2 Å². The Morgan fingerprint density at radius 1 is 1.15 bits per heavy atom. The van der Waals surface area contributed by atoms with Gasteiger partial charge in [0.2, 0.25) is 11.9 Å². The summed E-state index contributed by atoms with van der Waals surface area (Å²) in [4.78, 5) is 28.9. The molecule has 0 fully saturated rings. The molecule has 2 aromatic carbocycles. The van der Waals surface area contributed by atoms with E-state index in [1.54, 1.807) is 18.2 Å². The van der Waals surface area contributed by atoms with Crippen LogP contribution in [0.3, 0.4) is 0 Å². The van der Waals surface area contributed by atoms with E-state index >= 15 is 0 Å². The van der Waals surface area contributed by atoms with Crippen LogP contribution in [0, 0.1) is 0 Å². The number of amides is 2. The number of anilines is 2. The number of nitrogens with one attached hydrogen (secondary N) is 2. The number of aromatic nitrogens is 3. The number of rotatable bonds is 4. The Balaban J connectivity index is 1.53. The summed E-state index contributed by atoms with van der Waals surface area (Å²) in [7, 11) is 0. The van der Waals surface area contributed by atoms with Gasteiger partial charge in [0.15, 0.2) is 5.82 Å². The molecule has 0 unspecified atom stereocenters. The summed E-state index contributed by atoms with van der Waals surface area (Å²) in [6, 6.07) is 13.5. The van der Waals surface area contributed by atoms with Crippen LogP contribution in [0.5, 0.6) is 0 Å². The maximum absolute atomic E-state index is 12.4. The Kier molecular flexibility index (Phi) is 4.55. The Hall–Kier alpha value is -2.90. The number of carbonyl (C=O) groups excluding carboxylic acids is 2. The molecule has 0 saturated heterocycles. The molecule has 2 amide bonds. The summed E-state index contributed by atoms with van der Waals surface area (Å²) in [6.07, 6.45) is -0.112. The fraction of sp³-hybridized carbons (Fsp3) is 0.111. The van der Waals surface area contributed by atoms with Crippen LogP contribution in [0.25, 0.3) is 11.4 Å². The highest BCUT2D eigenvalue weighted by molar-refractivity contribution is 6.44. The Morgan fingerprint density at radius 3 is 2.70 bits per heavy atom. The largest absolute Gasteiger partial charge is 0.325 e. The van der Waals surface area contributed by atoms with Gasteiger partial charge >= 0.3 is 0 Å². The van der Waals surface area contributed by atoms with E-state index in [0.717, 1.165) is 5.56 Å². The minimum Gasteiger partial charge on any atom is -0.325 e. The van der Waals surface area contributed by atoms with Gasteiger partial charge in [-0.2, -0.15) is 4.98 Å². The van der Waals surface area contributed by atoms with Crippen LogP contribution < -0.4 is 10.6 Å². The molecule has 1 aliphatic heterocycles. The molecule has 1 atom stereocenters. The zero-order valence-corrected chi connectivity index (χ0v) is 15.3. The van der Waals surface area contributed by atoms with Crippen LogP contribution in [-0.4, -0.2) is 26.6 Å². The number of benzene rings is 2. The number of hydrogen-bond acceptors (Lipinski definition) is 4. The van der Waals surface area contributed by atoms with Crippen LogP contribution >= 0.6 is 23.2 Å². The molecule has 1 aliphatic rings. The van der Waals surface area contributed by atoms with E-state index in [4.69, 9.17) is 23.2 Å². The molecule has 1 aromatic heterocycles. The second-order valence-corrected chi connectivity index (χ2v) is 6.71. The first-order chi connectivity index (χ1) is 13.0. The molecule has 136 valence electrons. The lowest BCUT2D eigenvalue weighted by atomic mass is 10.2. The Bertz CT molecular complexity index is 1040. The summed E-state index contributed by atoms with van der Waals surface area (Å²) in [5.41, 5.74) is 1.21. The SMILES string of the molecule is O=C(C[C@@H]1C(=O)Nc2nc(-c3ccccc3)nn21)Nc1cccc(Cl)c1Cl. The van der Waals surface area contributed by atoms with Gasteiger partial charge in [0, 0.05) is 5.56 Å². The van der Waals surface area contributed by atoms with E-state index in [1.165, 1.54) is 4.68 Å². The molecule has 2 N–H and O–H groups in total. The van der Waals surface area contributed by atoms with Gasteiger partial charge in [-0.05, 0) is 12.1 Å². The summed E-state index contributed by atoms with van der Waals surface area (Å²) in [5, 5.41) is 10.3. The smallest absolute Gasteiger partial charge is 0.252 e. The first kappa shape index (κ1) is 17.5. The molecule has 4 rings (SSSR count). The summed E-state index contributed by atoms with van der Waals surface area (Å²) < 4.78 is 1.43. The normalized spacial score (nSPS) is 15.3. The van der Waals surface area contributed by atoms with E-state index in [1.807, 2.05) is 30.3 Å². The van der Waals surface area contributed by atoms with Gasteiger partial charge in [0.25, 0.3) is 5.91 Å². The van der Waals surface area contributed by atoms with E-state index in [9.17, 15) is 9.59 Å². The number of hydrogen-bond donors (Lipinski definition) is 2. The maximum Gasteiger partial charge on any atom is 0.252 e. The molecule has 0 aliphatic carbocycles. The molecule has 0 bridgehead atoms.